The molecule has 1 heterocycles. The molecule has 2 rings (SSSR count). The van der Waals surface area contributed by atoms with E-state index >= 15 is 0 Å². The predicted octanol–water partition coefficient (Wildman–Crippen LogP) is 3.40. The zero-order valence-corrected chi connectivity index (χ0v) is 12.6. The second-order valence-corrected chi connectivity index (χ2v) is 5.29. The summed E-state index contributed by atoms with van der Waals surface area (Å²) in [7, 11) is 2.13. The van der Waals surface area contributed by atoms with Gasteiger partial charge < -0.3 is 14.8 Å². The Kier molecular flexibility index (Phi) is 5.04. The Hall–Kier alpha value is -1.97. The highest BCUT2D eigenvalue weighted by Crippen LogP contribution is 2.13. The third kappa shape index (κ3) is 3.76. The van der Waals surface area contributed by atoms with Crippen molar-refractivity contribution >= 4 is 11.6 Å². The number of anilines is 2. The lowest BCUT2D eigenvalue weighted by Crippen LogP contribution is -2.21. The van der Waals surface area contributed by atoms with Crippen LogP contribution >= 0.6 is 0 Å². The maximum absolute atomic E-state index is 4.35. The van der Waals surface area contributed by atoms with Gasteiger partial charge in [0.2, 0.25) is 5.95 Å². The molecule has 4 heteroatoms. The first kappa shape index (κ1) is 14.4. The second kappa shape index (κ2) is 6.98. The Labute approximate surface area is 121 Å². The van der Waals surface area contributed by atoms with Crippen LogP contribution in [0.2, 0.25) is 0 Å². The Morgan fingerprint density at radius 3 is 2.70 bits per heavy atom. The van der Waals surface area contributed by atoms with Crippen LogP contribution in [0.1, 0.15) is 26.3 Å². The normalized spacial score (nSPS) is 10.8. The minimum Gasteiger partial charge on any atom is -0.375 e. The van der Waals surface area contributed by atoms with Crippen molar-refractivity contribution in [1.29, 1.82) is 0 Å². The van der Waals surface area contributed by atoms with Crippen molar-refractivity contribution in [1.82, 2.24) is 9.55 Å². The van der Waals surface area contributed by atoms with Gasteiger partial charge in [-0.05, 0) is 32.4 Å². The molecule has 0 spiro atoms. The average molecular weight is 272 g/mol. The number of rotatable bonds is 7. The average Bonchev–Trinajstić information content (AvgIpc) is 2.93. The topological polar surface area (TPSA) is 33.1 Å². The third-order valence-corrected chi connectivity index (χ3v) is 3.38. The van der Waals surface area contributed by atoms with Gasteiger partial charge in [0.15, 0.2) is 0 Å². The van der Waals surface area contributed by atoms with Gasteiger partial charge in [0, 0.05) is 44.3 Å². The lowest BCUT2D eigenvalue weighted by molar-refractivity contribution is 0.604. The number of hydrogen-bond acceptors (Lipinski definition) is 3. The third-order valence-electron chi connectivity index (χ3n) is 3.38. The van der Waals surface area contributed by atoms with Crippen molar-refractivity contribution in [3.63, 3.8) is 0 Å². The van der Waals surface area contributed by atoms with Crippen LogP contribution in [0.5, 0.6) is 0 Å². The molecular formula is C16H24N4. The van der Waals surface area contributed by atoms with Crippen LogP contribution < -0.4 is 10.2 Å². The van der Waals surface area contributed by atoms with Gasteiger partial charge in [0.25, 0.3) is 0 Å². The molecule has 0 aliphatic carbocycles. The molecule has 0 atom stereocenters. The number of nitrogens with zero attached hydrogens (tertiary/aromatic N) is 3. The van der Waals surface area contributed by atoms with Crippen LogP contribution in [0.4, 0.5) is 11.6 Å². The Morgan fingerprint density at radius 1 is 1.25 bits per heavy atom. The molecule has 2 aromatic rings. The van der Waals surface area contributed by atoms with Gasteiger partial charge in [0.05, 0.1) is 0 Å². The maximum Gasteiger partial charge on any atom is 0.203 e. The van der Waals surface area contributed by atoms with Crippen LogP contribution in [0.15, 0.2) is 42.7 Å². The maximum atomic E-state index is 4.35. The number of imidazole rings is 1. The molecule has 0 saturated heterocycles. The summed E-state index contributed by atoms with van der Waals surface area (Å²) in [6.45, 7) is 6.28. The predicted molar refractivity (Wildman–Crippen MR) is 85.4 cm³/mol. The Bertz CT molecular complexity index is 504. The number of hydrogen-bond donors (Lipinski definition) is 1. The van der Waals surface area contributed by atoms with E-state index in [2.05, 4.69) is 64.9 Å². The first-order valence-electron chi connectivity index (χ1n) is 7.21. The molecule has 0 amide bonds. The van der Waals surface area contributed by atoms with Crippen LogP contribution in [0.25, 0.3) is 0 Å². The highest BCUT2D eigenvalue weighted by molar-refractivity contribution is 5.44. The fourth-order valence-electron chi connectivity index (χ4n) is 2.19. The number of nitrogens with one attached hydrogen (secondary N) is 1. The van der Waals surface area contributed by atoms with Gasteiger partial charge in [-0.3, -0.25) is 0 Å². The van der Waals surface area contributed by atoms with Crippen molar-refractivity contribution < 1.29 is 0 Å². The Morgan fingerprint density at radius 2 is 2.00 bits per heavy atom. The van der Waals surface area contributed by atoms with Crippen molar-refractivity contribution in [3.8, 4) is 0 Å². The van der Waals surface area contributed by atoms with Crippen LogP contribution in [-0.2, 0) is 0 Å². The summed E-state index contributed by atoms with van der Waals surface area (Å²) in [6.07, 6.45) is 4.94. The van der Waals surface area contributed by atoms with Crippen LogP contribution in [0.3, 0.4) is 0 Å². The highest BCUT2D eigenvalue weighted by atomic mass is 15.2. The Balaban J connectivity index is 1.75. The first-order chi connectivity index (χ1) is 9.68. The summed E-state index contributed by atoms with van der Waals surface area (Å²) in [4.78, 5) is 6.62. The zero-order chi connectivity index (χ0) is 14.4. The van der Waals surface area contributed by atoms with E-state index < -0.39 is 0 Å². The summed E-state index contributed by atoms with van der Waals surface area (Å²) in [5.74, 6) is 0.961. The number of benzene rings is 1. The SMILES string of the molecule is CC(C)n1ccnc1NCCCN(C)c1ccccc1. The fraction of sp³-hybridized carbons (Fsp3) is 0.438. The molecule has 0 radical (unpaired) electrons. The molecule has 0 fully saturated rings. The minimum atomic E-state index is 0.437. The largest absolute Gasteiger partial charge is 0.375 e. The molecular weight excluding hydrogens is 248 g/mol. The highest BCUT2D eigenvalue weighted by Gasteiger charge is 2.05. The molecule has 20 heavy (non-hydrogen) atoms. The molecule has 1 aromatic heterocycles. The van der Waals surface area contributed by atoms with E-state index in [0.29, 0.717) is 6.04 Å². The van der Waals surface area contributed by atoms with Gasteiger partial charge >= 0.3 is 0 Å². The summed E-state index contributed by atoms with van der Waals surface area (Å²) in [5.41, 5.74) is 1.26. The molecule has 0 saturated carbocycles. The van der Waals surface area contributed by atoms with Crippen LogP contribution in [-0.4, -0.2) is 29.7 Å². The summed E-state index contributed by atoms with van der Waals surface area (Å²) in [6, 6.07) is 10.9. The van der Waals surface area contributed by atoms with E-state index in [1.165, 1.54) is 5.69 Å². The molecule has 1 N–H and O–H groups in total. The second-order valence-electron chi connectivity index (χ2n) is 5.29. The monoisotopic (exact) mass is 272 g/mol. The van der Waals surface area contributed by atoms with Crippen molar-refractivity contribution in [2.24, 2.45) is 0 Å². The lowest BCUT2D eigenvalue weighted by Gasteiger charge is -2.19. The van der Waals surface area contributed by atoms with E-state index in [-0.39, 0.29) is 0 Å². The molecule has 0 aliphatic rings. The molecule has 0 unspecified atom stereocenters. The van der Waals surface area contributed by atoms with Crippen molar-refractivity contribution in [3.05, 3.63) is 42.7 Å². The molecule has 1 aromatic carbocycles. The minimum absolute atomic E-state index is 0.437. The van der Waals surface area contributed by atoms with E-state index in [0.717, 1.165) is 25.5 Å². The van der Waals surface area contributed by atoms with Gasteiger partial charge in [0.1, 0.15) is 0 Å². The van der Waals surface area contributed by atoms with E-state index in [1.54, 1.807) is 0 Å². The van der Waals surface area contributed by atoms with E-state index in [4.69, 9.17) is 0 Å². The van der Waals surface area contributed by atoms with Gasteiger partial charge in [-0.1, -0.05) is 18.2 Å². The van der Waals surface area contributed by atoms with Gasteiger partial charge in [-0.2, -0.15) is 0 Å². The lowest BCUT2D eigenvalue weighted by atomic mass is 10.3. The summed E-state index contributed by atoms with van der Waals surface area (Å²) < 4.78 is 2.15. The molecule has 4 nitrogen and oxygen atoms in total. The number of aromatic nitrogens is 2. The van der Waals surface area contributed by atoms with E-state index in [9.17, 15) is 0 Å². The molecule has 0 aliphatic heterocycles. The molecule has 0 bridgehead atoms. The standard InChI is InChI=1S/C16H24N4/c1-14(2)20-13-11-18-16(20)17-10-7-12-19(3)15-8-5-4-6-9-15/h4-6,8-9,11,13-14H,7,10,12H2,1-3H3,(H,17,18). The van der Waals surface area contributed by atoms with Crippen LogP contribution in [0, 0.1) is 0 Å². The quantitative estimate of drug-likeness (QED) is 0.784. The first-order valence-corrected chi connectivity index (χ1v) is 7.21. The van der Waals surface area contributed by atoms with Gasteiger partial charge in [-0.15, -0.1) is 0 Å². The zero-order valence-electron chi connectivity index (χ0n) is 12.6. The number of para-hydroxylation sites is 1. The fourth-order valence-corrected chi connectivity index (χ4v) is 2.19. The smallest absolute Gasteiger partial charge is 0.203 e. The summed E-state index contributed by atoms with van der Waals surface area (Å²) >= 11 is 0. The van der Waals surface area contributed by atoms with Crippen molar-refractivity contribution in [2.45, 2.75) is 26.3 Å². The van der Waals surface area contributed by atoms with Crippen molar-refractivity contribution in [2.75, 3.05) is 30.4 Å². The van der Waals surface area contributed by atoms with Gasteiger partial charge in [-0.25, -0.2) is 4.98 Å². The van der Waals surface area contributed by atoms with E-state index in [1.807, 2.05) is 18.5 Å². The molecule has 108 valence electrons. The summed E-state index contributed by atoms with van der Waals surface area (Å²) in [5, 5.41) is 3.41.